The lowest BCUT2D eigenvalue weighted by Crippen LogP contribution is -1.97. The Hall–Kier alpha value is -2.68. The Labute approximate surface area is 156 Å². The number of aryl methyl sites for hydroxylation is 1. The van der Waals surface area contributed by atoms with Gasteiger partial charge in [0.15, 0.2) is 0 Å². The molecule has 0 aliphatic carbocycles. The summed E-state index contributed by atoms with van der Waals surface area (Å²) in [5.41, 5.74) is 5.24. The molecule has 1 heterocycles. The highest BCUT2D eigenvalue weighted by Crippen LogP contribution is 2.23. The molecule has 0 spiro atoms. The number of nitrogens with zero attached hydrogens (tertiary/aromatic N) is 2. The molecule has 134 valence electrons. The maximum Gasteiger partial charge on any atom is 0.119 e. The van der Waals surface area contributed by atoms with Gasteiger partial charge in [-0.2, -0.15) is 0 Å². The van der Waals surface area contributed by atoms with Gasteiger partial charge in [-0.15, -0.1) is 10.2 Å². The molecule has 3 heteroatoms. The van der Waals surface area contributed by atoms with Gasteiger partial charge in [-0.3, -0.25) is 0 Å². The first-order chi connectivity index (χ1) is 12.8. The van der Waals surface area contributed by atoms with Gasteiger partial charge in [0.25, 0.3) is 0 Å². The minimum Gasteiger partial charge on any atom is -0.494 e. The quantitative estimate of drug-likeness (QED) is 0.473. The maximum absolute atomic E-state index is 5.76. The first-order valence-electron chi connectivity index (χ1n) is 9.46. The molecular weight excluding hydrogens is 320 g/mol. The summed E-state index contributed by atoms with van der Waals surface area (Å²) in [6.45, 7) is 5.13. The van der Waals surface area contributed by atoms with Gasteiger partial charge in [0.2, 0.25) is 0 Å². The second-order valence-corrected chi connectivity index (χ2v) is 6.43. The number of hydrogen-bond donors (Lipinski definition) is 0. The Bertz CT molecular complexity index is 793. The zero-order valence-electron chi connectivity index (χ0n) is 15.6. The van der Waals surface area contributed by atoms with Crippen molar-refractivity contribution in [1.82, 2.24) is 10.2 Å². The summed E-state index contributed by atoms with van der Waals surface area (Å²) >= 11 is 0. The van der Waals surface area contributed by atoms with Crippen molar-refractivity contribution in [3.05, 3.63) is 66.2 Å². The maximum atomic E-state index is 5.76. The Kier molecular flexibility index (Phi) is 6.37. The van der Waals surface area contributed by atoms with Gasteiger partial charge >= 0.3 is 0 Å². The fraction of sp³-hybridized carbons (Fsp3) is 0.304. The van der Waals surface area contributed by atoms with E-state index in [0.29, 0.717) is 0 Å². The van der Waals surface area contributed by atoms with Gasteiger partial charge in [0.1, 0.15) is 5.75 Å². The summed E-state index contributed by atoms with van der Waals surface area (Å²) in [5, 5.41) is 8.79. The first kappa shape index (κ1) is 18.1. The molecule has 0 saturated carbocycles. The highest BCUT2D eigenvalue weighted by atomic mass is 16.5. The lowest BCUT2D eigenvalue weighted by atomic mass is 10.1. The van der Waals surface area contributed by atoms with Crippen LogP contribution < -0.4 is 4.74 Å². The fourth-order valence-corrected chi connectivity index (χ4v) is 2.82. The van der Waals surface area contributed by atoms with Gasteiger partial charge in [0.05, 0.1) is 18.0 Å². The summed E-state index contributed by atoms with van der Waals surface area (Å²) in [6.07, 6.45) is 4.56. The zero-order valence-corrected chi connectivity index (χ0v) is 15.6. The van der Waals surface area contributed by atoms with Gasteiger partial charge in [0, 0.05) is 11.1 Å². The van der Waals surface area contributed by atoms with Crippen LogP contribution in [0.3, 0.4) is 0 Å². The van der Waals surface area contributed by atoms with Crippen LogP contribution in [-0.4, -0.2) is 16.8 Å². The molecular formula is C23H26N2O. The van der Waals surface area contributed by atoms with Crippen molar-refractivity contribution >= 4 is 0 Å². The third-order valence-corrected chi connectivity index (χ3v) is 4.49. The highest BCUT2D eigenvalue weighted by Gasteiger charge is 2.04. The number of benzene rings is 2. The largest absolute Gasteiger partial charge is 0.494 e. The summed E-state index contributed by atoms with van der Waals surface area (Å²) < 4.78 is 5.76. The van der Waals surface area contributed by atoms with Crippen LogP contribution in [0.15, 0.2) is 60.7 Å². The van der Waals surface area contributed by atoms with Crippen molar-refractivity contribution in [3.63, 3.8) is 0 Å². The van der Waals surface area contributed by atoms with E-state index >= 15 is 0 Å². The lowest BCUT2D eigenvalue weighted by Gasteiger charge is -2.07. The Balaban J connectivity index is 1.66. The van der Waals surface area contributed by atoms with E-state index in [-0.39, 0.29) is 0 Å². The zero-order chi connectivity index (χ0) is 18.2. The average Bonchev–Trinajstić information content (AvgIpc) is 2.72. The van der Waals surface area contributed by atoms with Crippen molar-refractivity contribution in [3.8, 4) is 28.3 Å². The van der Waals surface area contributed by atoms with Crippen molar-refractivity contribution in [2.24, 2.45) is 0 Å². The molecule has 0 fully saturated rings. The van der Waals surface area contributed by atoms with Crippen LogP contribution in [0.5, 0.6) is 5.75 Å². The molecule has 0 atom stereocenters. The molecule has 0 unspecified atom stereocenters. The van der Waals surface area contributed by atoms with Gasteiger partial charge in [-0.05, 0) is 54.8 Å². The van der Waals surface area contributed by atoms with E-state index in [1.54, 1.807) is 0 Å². The van der Waals surface area contributed by atoms with Crippen LogP contribution in [0.25, 0.3) is 22.5 Å². The van der Waals surface area contributed by atoms with Crippen LogP contribution in [0, 0.1) is 0 Å². The SMILES string of the molecule is CCCCCOc1ccc(-c2ccc(-c3ccc(CC)cc3)nn2)cc1. The number of rotatable bonds is 8. The van der Waals surface area contributed by atoms with E-state index in [1.807, 2.05) is 36.4 Å². The van der Waals surface area contributed by atoms with Crippen molar-refractivity contribution in [2.45, 2.75) is 39.5 Å². The monoisotopic (exact) mass is 346 g/mol. The van der Waals surface area contributed by atoms with Crippen molar-refractivity contribution in [2.75, 3.05) is 6.61 Å². The van der Waals surface area contributed by atoms with E-state index in [4.69, 9.17) is 4.74 Å². The smallest absolute Gasteiger partial charge is 0.119 e. The number of unbranched alkanes of at least 4 members (excludes halogenated alkanes) is 2. The molecule has 2 aromatic carbocycles. The number of hydrogen-bond acceptors (Lipinski definition) is 3. The predicted molar refractivity (Wildman–Crippen MR) is 107 cm³/mol. The van der Waals surface area contributed by atoms with E-state index in [1.165, 1.54) is 18.4 Å². The molecule has 0 radical (unpaired) electrons. The number of aromatic nitrogens is 2. The number of ether oxygens (including phenoxy) is 1. The summed E-state index contributed by atoms with van der Waals surface area (Å²) in [6, 6.07) is 20.6. The second kappa shape index (κ2) is 9.14. The summed E-state index contributed by atoms with van der Waals surface area (Å²) in [5.74, 6) is 0.908. The van der Waals surface area contributed by atoms with E-state index in [9.17, 15) is 0 Å². The molecule has 0 N–H and O–H groups in total. The van der Waals surface area contributed by atoms with E-state index in [2.05, 4.69) is 48.3 Å². The molecule has 3 aromatic rings. The van der Waals surface area contributed by atoms with Gasteiger partial charge in [-0.25, -0.2) is 0 Å². The van der Waals surface area contributed by atoms with Crippen LogP contribution in [0.2, 0.25) is 0 Å². The van der Waals surface area contributed by atoms with Crippen LogP contribution in [-0.2, 0) is 6.42 Å². The standard InChI is InChI=1S/C23H26N2O/c1-3-5-6-17-26-21-13-11-20(12-14-21)23-16-15-22(24-25-23)19-9-7-18(4-2)8-10-19/h7-16H,3-6,17H2,1-2H3. The first-order valence-corrected chi connectivity index (χ1v) is 9.46. The third kappa shape index (κ3) is 4.69. The van der Waals surface area contributed by atoms with Crippen LogP contribution in [0.4, 0.5) is 0 Å². The Morgan fingerprint density at radius 1 is 0.692 bits per heavy atom. The topological polar surface area (TPSA) is 35.0 Å². The second-order valence-electron chi connectivity index (χ2n) is 6.43. The summed E-state index contributed by atoms with van der Waals surface area (Å²) in [7, 11) is 0. The molecule has 26 heavy (non-hydrogen) atoms. The minimum atomic E-state index is 0.776. The highest BCUT2D eigenvalue weighted by molar-refractivity contribution is 5.64. The van der Waals surface area contributed by atoms with Gasteiger partial charge in [-0.1, -0.05) is 51.0 Å². The average molecular weight is 346 g/mol. The Morgan fingerprint density at radius 3 is 1.77 bits per heavy atom. The molecule has 0 aliphatic rings. The molecule has 0 aliphatic heterocycles. The van der Waals surface area contributed by atoms with Crippen molar-refractivity contribution < 1.29 is 4.74 Å². The molecule has 3 rings (SSSR count). The molecule has 3 nitrogen and oxygen atoms in total. The molecule has 0 amide bonds. The molecule has 0 saturated heterocycles. The normalized spacial score (nSPS) is 10.7. The predicted octanol–water partition coefficient (Wildman–Crippen LogP) is 5.94. The summed E-state index contributed by atoms with van der Waals surface area (Å²) in [4.78, 5) is 0. The Morgan fingerprint density at radius 2 is 1.27 bits per heavy atom. The molecule has 1 aromatic heterocycles. The fourth-order valence-electron chi connectivity index (χ4n) is 2.82. The van der Waals surface area contributed by atoms with E-state index < -0.39 is 0 Å². The van der Waals surface area contributed by atoms with Crippen molar-refractivity contribution in [1.29, 1.82) is 0 Å². The lowest BCUT2D eigenvalue weighted by molar-refractivity contribution is 0.306. The van der Waals surface area contributed by atoms with E-state index in [0.717, 1.165) is 47.7 Å². The molecule has 0 bridgehead atoms. The van der Waals surface area contributed by atoms with Gasteiger partial charge < -0.3 is 4.74 Å². The van der Waals surface area contributed by atoms with Crippen LogP contribution in [0.1, 0.15) is 38.7 Å². The minimum absolute atomic E-state index is 0.776. The van der Waals surface area contributed by atoms with Crippen LogP contribution >= 0.6 is 0 Å². The third-order valence-electron chi connectivity index (χ3n) is 4.49.